The molecule has 1 aromatic carbocycles. The summed E-state index contributed by atoms with van der Waals surface area (Å²) in [7, 11) is 1.50. The molecule has 1 N–H and O–H groups in total. The highest BCUT2D eigenvalue weighted by Gasteiger charge is 2.51. The molecule has 9 heteroatoms. The molecule has 4 fully saturated rings. The highest BCUT2D eigenvalue weighted by atomic mass is 32.2. The Labute approximate surface area is 206 Å². The first-order valence-corrected chi connectivity index (χ1v) is 12.8. The summed E-state index contributed by atoms with van der Waals surface area (Å²) in [5.74, 6) is 2.25. The van der Waals surface area contributed by atoms with Crippen molar-refractivity contribution >= 4 is 17.7 Å². The largest absolute Gasteiger partial charge is 0.497 e. The Morgan fingerprint density at radius 2 is 1.77 bits per heavy atom. The second-order valence-electron chi connectivity index (χ2n) is 10.1. The Morgan fingerprint density at radius 1 is 1.17 bits per heavy atom. The van der Waals surface area contributed by atoms with Crippen molar-refractivity contribution in [1.82, 2.24) is 10.3 Å². The summed E-state index contributed by atoms with van der Waals surface area (Å²) in [5.41, 5.74) is -1.24. The lowest BCUT2D eigenvalue weighted by Gasteiger charge is -2.56. The van der Waals surface area contributed by atoms with E-state index in [2.05, 4.69) is 10.3 Å². The van der Waals surface area contributed by atoms with Crippen molar-refractivity contribution in [3.63, 3.8) is 0 Å². The van der Waals surface area contributed by atoms with E-state index in [4.69, 9.17) is 4.74 Å². The number of nitrogens with zero attached hydrogens (tertiary/aromatic N) is 2. The van der Waals surface area contributed by atoms with E-state index < -0.39 is 17.3 Å². The fraction of sp³-hybridized carbons (Fsp3) is 0.500. The Hall–Kier alpha value is -2.73. The zero-order chi connectivity index (χ0) is 24.8. The average molecular weight is 502 g/mol. The number of halogens is 3. The van der Waals surface area contributed by atoms with Gasteiger partial charge in [-0.05, 0) is 86.6 Å². The molecule has 0 spiro atoms. The summed E-state index contributed by atoms with van der Waals surface area (Å²) in [6.07, 6.45) is 1.98. The van der Waals surface area contributed by atoms with E-state index in [1.165, 1.54) is 26.4 Å². The lowest BCUT2D eigenvalue weighted by atomic mass is 9.53. The predicted molar refractivity (Wildman–Crippen MR) is 126 cm³/mol. The topological polar surface area (TPSA) is 75.0 Å². The monoisotopic (exact) mass is 501 g/mol. The summed E-state index contributed by atoms with van der Waals surface area (Å²) in [5, 5.41) is 12.7. The van der Waals surface area contributed by atoms with Gasteiger partial charge in [0.15, 0.2) is 0 Å². The number of carbonyl (C=O) groups is 1. The fourth-order valence-corrected chi connectivity index (χ4v) is 7.40. The molecule has 2 aromatic rings. The third-order valence-corrected chi connectivity index (χ3v) is 8.55. The van der Waals surface area contributed by atoms with Crippen molar-refractivity contribution in [2.45, 2.75) is 55.3 Å². The highest BCUT2D eigenvalue weighted by molar-refractivity contribution is 8.00. The van der Waals surface area contributed by atoms with E-state index in [-0.39, 0.29) is 27.9 Å². The molecule has 0 aliphatic heterocycles. The molecular weight excluding hydrogens is 475 g/mol. The van der Waals surface area contributed by atoms with Crippen LogP contribution in [0.25, 0.3) is 11.3 Å². The second kappa shape index (κ2) is 9.05. The number of carbonyl (C=O) groups excluding carboxylic acids is 1. The van der Waals surface area contributed by atoms with Crippen LogP contribution in [-0.4, -0.2) is 29.3 Å². The highest BCUT2D eigenvalue weighted by Crippen LogP contribution is 2.55. The minimum Gasteiger partial charge on any atom is -0.497 e. The van der Waals surface area contributed by atoms with Gasteiger partial charge in [0.2, 0.25) is 5.91 Å². The third-order valence-electron chi connectivity index (χ3n) is 7.57. The normalized spacial score (nSPS) is 26.9. The third kappa shape index (κ3) is 4.86. The Kier molecular flexibility index (Phi) is 6.20. The molecule has 0 unspecified atom stereocenters. The molecule has 0 atom stereocenters. The number of thioether (sulfide) groups is 1. The lowest BCUT2D eigenvalue weighted by molar-refractivity contribution is -0.138. The summed E-state index contributed by atoms with van der Waals surface area (Å²) in [6.45, 7) is 0. The Bertz CT molecular complexity index is 1140. The van der Waals surface area contributed by atoms with Crippen LogP contribution in [0.4, 0.5) is 13.2 Å². The standard InChI is InChI=1S/C26H26F3N3O2S/c1-34-19-4-2-18(3-5-19)22-9-21(26(27,28)29)20(13-30)24(31-22)35-14-23(33)32-25-10-15-6-16(11-25)8-17(7-15)12-25/h2-5,9,15-17H,6-8,10-12,14H2,1H3,(H,32,33). The van der Waals surface area contributed by atoms with Crippen molar-refractivity contribution in [2.75, 3.05) is 12.9 Å². The van der Waals surface area contributed by atoms with Crippen LogP contribution in [-0.2, 0) is 11.0 Å². The van der Waals surface area contributed by atoms with Crippen molar-refractivity contribution in [2.24, 2.45) is 17.8 Å². The van der Waals surface area contributed by atoms with Crippen molar-refractivity contribution in [3.05, 3.63) is 41.5 Å². The molecular formula is C26H26F3N3O2S. The van der Waals surface area contributed by atoms with E-state index in [0.29, 0.717) is 29.1 Å². The molecule has 4 aliphatic rings. The lowest BCUT2D eigenvalue weighted by Crippen LogP contribution is -2.60. The Balaban J connectivity index is 1.38. The minimum atomic E-state index is -4.73. The maximum absolute atomic E-state index is 13.8. The van der Waals surface area contributed by atoms with E-state index in [1.54, 1.807) is 30.3 Å². The number of pyridine rings is 1. The number of benzene rings is 1. The van der Waals surface area contributed by atoms with Crippen LogP contribution in [0, 0.1) is 29.1 Å². The van der Waals surface area contributed by atoms with Gasteiger partial charge in [0.05, 0.1) is 29.7 Å². The van der Waals surface area contributed by atoms with Crippen molar-refractivity contribution in [3.8, 4) is 23.1 Å². The first-order chi connectivity index (χ1) is 16.7. The molecule has 1 heterocycles. The van der Waals surface area contributed by atoms with Gasteiger partial charge in [0, 0.05) is 11.1 Å². The van der Waals surface area contributed by atoms with Gasteiger partial charge in [-0.15, -0.1) is 0 Å². The van der Waals surface area contributed by atoms with Gasteiger partial charge in [-0.1, -0.05) is 11.8 Å². The van der Waals surface area contributed by atoms with E-state index >= 15 is 0 Å². The predicted octanol–water partition coefficient (Wildman–Crippen LogP) is 5.82. The summed E-state index contributed by atoms with van der Waals surface area (Å²) >= 11 is 0.885. The van der Waals surface area contributed by atoms with Gasteiger partial charge in [-0.3, -0.25) is 4.79 Å². The maximum atomic E-state index is 13.8. The number of hydrogen-bond donors (Lipinski definition) is 1. The quantitative estimate of drug-likeness (QED) is 0.505. The van der Waals surface area contributed by atoms with Crippen LogP contribution in [0.3, 0.4) is 0 Å². The van der Waals surface area contributed by atoms with Crippen molar-refractivity contribution in [1.29, 1.82) is 5.26 Å². The van der Waals surface area contributed by atoms with Crippen LogP contribution in [0.1, 0.15) is 49.7 Å². The smallest absolute Gasteiger partial charge is 0.417 e. The van der Waals surface area contributed by atoms with E-state index in [1.807, 2.05) is 0 Å². The molecule has 184 valence electrons. The van der Waals surface area contributed by atoms with Crippen LogP contribution in [0.15, 0.2) is 35.4 Å². The van der Waals surface area contributed by atoms with Gasteiger partial charge in [0.1, 0.15) is 16.8 Å². The van der Waals surface area contributed by atoms with E-state index in [0.717, 1.165) is 37.1 Å². The van der Waals surface area contributed by atoms with E-state index in [9.17, 15) is 23.2 Å². The molecule has 6 rings (SSSR count). The average Bonchev–Trinajstić information content (AvgIpc) is 2.80. The fourth-order valence-electron chi connectivity index (χ4n) is 6.60. The molecule has 0 saturated heterocycles. The molecule has 0 radical (unpaired) electrons. The molecule has 1 amide bonds. The van der Waals surface area contributed by atoms with Crippen LogP contribution >= 0.6 is 11.8 Å². The first kappa shape index (κ1) is 24.0. The Morgan fingerprint density at radius 3 is 2.29 bits per heavy atom. The molecule has 4 saturated carbocycles. The number of hydrogen-bond acceptors (Lipinski definition) is 5. The number of nitrogens with one attached hydrogen (secondary N) is 1. The van der Waals surface area contributed by atoms with Crippen molar-refractivity contribution < 1.29 is 22.7 Å². The van der Waals surface area contributed by atoms with Crippen LogP contribution < -0.4 is 10.1 Å². The zero-order valence-electron chi connectivity index (χ0n) is 19.3. The molecule has 5 nitrogen and oxygen atoms in total. The zero-order valence-corrected chi connectivity index (χ0v) is 20.1. The maximum Gasteiger partial charge on any atom is 0.417 e. The minimum absolute atomic E-state index is 0.0861. The number of amides is 1. The number of nitriles is 1. The molecule has 1 aromatic heterocycles. The van der Waals surface area contributed by atoms with Gasteiger partial charge < -0.3 is 10.1 Å². The van der Waals surface area contributed by atoms with Crippen LogP contribution in [0.5, 0.6) is 5.75 Å². The van der Waals surface area contributed by atoms with Gasteiger partial charge in [-0.2, -0.15) is 18.4 Å². The molecule has 35 heavy (non-hydrogen) atoms. The number of rotatable bonds is 6. The number of ether oxygens (including phenoxy) is 1. The SMILES string of the molecule is COc1ccc(-c2cc(C(F)(F)F)c(C#N)c(SCC(=O)NC34CC5CC(CC(C5)C3)C4)n2)cc1. The summed E-state index contributed by atoms with van der Waals surface area (Å²) in [6, 6.07) is 9.04. The number of alkyl halides is 3. The number of aromatic nitrogens is 1. The molecule has 4 bridgehead atoms. The van der Waals surface area contributed by atoms with Crippen LogP contribution in [0.2, 0.25) is 0 Å². The van der Waals surface area contributed by atoms with Gasteiger partial charge >= 0.3 is 6.18 Å². The summed E-state index contributed by atoms with van der Waals surface area (Å²) < 4.78 is 46.6. The number of methoxy groups -OCH3 is 1. The van der Waals surface area contributed by atoms with Gasteiger partial charge in [0.25, 0.3) is 0 Å². The summed E-state index contributed by atoms with van der Waals surface area (Å²) in [4.78, 5) is 17.3. The molecule has 4 aliphatic carbocycles. The second-order valence-corrected chi connectivity index (χ2v) is 11.1. The first-order valence-electron chi connectivity index (χ1n) is 11.8. The van der Waals surface area contributed by atoms with Gasteiger partial charge in [-0.25, -0.2) is 4.98 Å².